The number of hydrogen-bond acceptors (Lipinski definition) is 4. The van der Waals surface area contributed by atoms with Crippen LogP contribution in [0.15, 0.2) is 24.4 Å². The molecule has 1 heterocycles. The number of nitrogens with zero attached hydrogens (tertiary/aromatic N) is 1. The first kappa shape index (κ1) is 10.2. The molecular formula is C9H11N3O2. The summed E-state index contributed by atoms with van der Waals surface area (Å²) >= 11 is 0. The molecule has 1 rings (SSSR count). The summed E-state index contributed by atoms with van der Waals surface area (Å²) in [4.78, 5) is 14.2. The Morgan fingerprint density at radius 1 is 1.64 bits per heavy atom. The van der Waals surface area contributed by atoms with E-state index in [9.17, 15) is 4.79 Å². The third-order valence-corrected chi connectivity index (χ3v) is 1.54. The van der Waals surface area contributed by atoms with E-state index in [-0.39, 0.29) is 6.42 Å². The largest absolute Gasteiger partial charge is 0.481 e. The van der Waals surface area contributed by atoms with Crippen molar-refractivity contribution in [2.75, 3.05) is 5.43 Å². The molecule has 0 unspecified atom stereocenters. The Morgan fingerprint density at radius 3 is 2.93 bits per heavy atom. The van der Waals surface area contributed by atoms with E-state index in [0.29, 0.717) is 5.82 Å². The number of carbonyl (C=O) groups is 1. The zero-order valence-corrected chi connectivity index (χ0v) is 7.47. The third kappa shape index (κ3) is 3.24. The summed E-state index contributed by atoms with van der Waals surface area (Å²) in [7, 11) is 0. The monoisotopic (exact) mass is 193 g/mol. The maximum Gasteiger partial charge on any atom is 0.307 e. The second kappa shape index (κ2) is 4.98. The van der Waals surface area contributed by atoms with Gasteiger partial charge in [0.05, 0.1) is 6.42 Å². The first-order valence-corrected chi connectivity index (χ1v) is 4.03. The molecule has 5 nitrogen and oxygen atoms in total. The second-order valence-electron chi connectivity index (χ2n) is 2.62. The first-order valence-electron chi connectivity index (χ1n) is 4.03. The van der Waals surface area contributed by atoms with E-state index >= 15 is 0 Å². The zero-order chi connectivity index (χ0) is 10.4. The molecule has 0 amide bonds. The molecule has 0 saturated heterocycles. The van der Waals surface area contributed by atoms with Crippen LogP contribution in [-0.4, -0.2) is 16.1 Å². The lowest BCUT2D eigenvalue weighted by Crippen LogP contribution is -2.07. The molecule has 0 aliphatic rings. The number of pyridine rings is 1. The standard InChI is InChI=1S/C9H11N3O2/c10-12-8-5-4-7(6-11-8)2-1-3-9(13)14/h1-2,4-6H,3,10H2,(H,11,12)(H,13,14). The molecule has 0 aromatic carbocycles. The van der Waals surface area contributed by atoms with Crippen LogP contribution in [0.1, 0.15) is 12.0 Å². The molecule has 4 N–H and O–H groups in total. The van der Waals surface area contributed by atoms with E-state index < -0.39 is 5.97 Å². The number of hydrazine groups is 1. The average molecular weight is 193 g/mol. The highest BCUT2D eigenvalue weighted by molar-refractivity contribution is 5.70. The number of hydrogen-bond donors (Lipinski definition) is 3. The molecule has 0 aliphatic heterocycles. The molecule has 14 heavy (non-hydrogen) atoms. The van der Waals surface area contributed by atoms with Crippen molar-refractivity contribution in [1.29, 1.82) is 0 Å². The van der Waals surface area contributed by atoms with Gasteiger partial charge in [0.25, 0.3) is 0 Å². The number of nitrogens with one attached hydrogen (secondary N) is 1. The summed E-state index contributed by atoms with van der Waals surface area (Å²) in [5, 5.41) is 8.38. The Balaban J connectivity index is 2.59. The molecule has 5 heteroatoms. The average Bonchev–Trinajstić information content (AvgIpc) is 2.18. The van der Waals surface area contributed by atoms with Gasteiger partial charge in [0, 0.05) is 6.20 Å². The minimum atomic E-state index is -0.852. The minimum absolute atomic E-state index is 0.0108. The fraction of sp³-hybridized carbons (Fsp3) is 0.111. The highest BCUT2D eigenvalue weighted by atomic mass is 16.4. The summed E-state index contributed by atoms with van der Waals surface area (Å²) in [6.07, 6.45) is 4.88. The first-order chi connectivity index (χ1) is 6.72. The number of rotatable bonds is 4. The lowest BCUT2D eigenvalue weighted by atomic mass is 10.2. The molecular weight excluding hydrogens is 182 g/mol. The Kier molecular flexibility index (Phi) is 3.63. The molecule has 1 aromatic rings. The highest BCUT2D eigenvalue weighted by Crippen LogP contribution is 2.05. The number of nitrogens with two attached hydrogens (primary N) is 1. The summed E-state index contributed by atoms with van der Waals surface area (Å²) in [5.74, 6) is 4.85. The molecule has 74 valence electrons. The van der Waals surface area contributed by atoms with Crippen LogP contribution >= 0.6 is 0 Å². The predicted octanol–water partition coefficient (Wildman–Crippen LogP) is 0.855. The van der Waals surface area contributed by atoms with Crippen LogP contribution in [0.3, 0.4) is 0 Å². The van der Waals surface area contributed by atoms with Gasteiger partial charge in [0.2, 0.25) is 0 Å². The Hall–Kier alpha value is -1.88. The Labute approximate surface area is 81.2 Å². The quantitative estimate of drug-likeness (QED) is 0.487. The smallest absolute Gasteiger partial charge is 0.307 e. The molecule has 0 saturated carbocycles. The number of aromatic nitrogens is 1. The van der Waals surface area contributed by atoms with E-state index in [1.54, 1.807) is 30.5 Å². The maximum atomic E-state index is 10.2. The molecule has 0 aliphatic carbocycles. The zero-order valence-electron chi connectivity index (χ0n) is 7.47. The number of nitrogen functional groups attached to an aromatic ring is 1. The molecule has 0 spiro atoms. The van der Waals surface area contributed by atoms with Gasteiger partial charge in [-0.05, 0) is 17.7 Å². The van der Waals surface area contributed by atoms with Crippen molar-refractivity contribution in [3.05, 3.63) is 30.0 Å². The maximum absolute atomic E-state index is 10.2. The van der Waals surface area contributed by atoms with Crippen LogP contribution in [0.5, 0.6) is 0 Å². The van der Waals surface area contributed by atoms with Crippen LogP contribution in [-0.2, 0) is 4.79 Å². The Morgan fingerprint density at radius 2 is 2.43 bits per heavy atom. The van der Waals surface area contributed by atoms with Gasteiger partial charge in [0.15, 0.2) is 0 Å². The lowest BCUT2D eigenvalue weighted by Gasteiger charge is -1.97. The predicted molar refractivity (Wildman–Crippen MR) is 53.3 cm³/mol. The number of carboxylic acid groups (broad SMARTS) is 1. The molecule has 0 atom stereocenters. The van der Waals surface area contributed by atoms with Crippen molar-refractivity contribution in [2.45, 2.75) is 6.42 Å². The molecule has 0 radical (unpaired) electrons. The van der Waals surface area contributed by atoms with Crippen molar-refractivity contribution < 1.29 is 9.90 Å². The fourth-order valence-corrected chi connectivity index (χ4v) is 0.885. The molecule has 0 fully saturated rings. The van der Waals surface area contributed by atoms with Gasteiger partial charge in [-0.25, -0.2) is 10.8 Å². The Bertz CT molecular complexity index is 332. The lowest BCUT2D eigenvalue weighted by molar-refractivity contribution is -0.135. The van der Waals surface area contributed by atoms with E-state index in [1.807, 2.05) is 0 Å². The van der Waals surface area contributed by atoms with Gasteiger partial charge < -0.3 is 10.5 Å². The van der Waals surface area contributed by atoms with Crippen molar-refractivity contribution in [1.82, 2.24) is 4.98 Å². The summed E-state index contributed by atoms with van der Waals surface area (Å²) in [6, 6.07) is 3.50. The van der Waals surface area contributed by atoms with E-state index in [0.717, 1.165) is 5.56 Å². The van der Waals surface area contributed by atoms with Crippen LogP contribution in [0.25, 0.3) is 6.08 Å². The van der Waals surface area contributed by atoms with Crippen LogP contribution in [0.4, 0.5) is 5.82 Å². The summed E-state index contributed by atoms with van der Waals surface area (Å²) < 4.78 is 0. The van der Waals surface area contributed by atoms with Crippen molar-refractivity contribution >= 4 is 17.9 Å². The van der Waals surface area contributed by atoms with Gasteiger partial charge >= 0.3 is 5.97 Å². The number of anilines is 1. The van der Waals surface area contributed by atoms with E-state index in [4.69, 9.17) is 10.9 Å². The van der Waals surface area contributed by atoms with E-state index in [2.05, 4.69) is 10.4 Å². The third-order valence-electron chi connectivity index (χ3n) is 1.54. The van der Waals surface area contributed by atoms with Gasteiger partial charge in [-0.3, -0.25) is 4.79 Å². The number of carboxylic acids is 1. The topological polar surface area (TPSA) is 88.2 Å². The molecule has 1 aromatic heterocycles. The number of aliphatic carboxylic acids is 1. The second-order valence-corrected chi connectivity index (χ2v) is 2.62. The minimum Gasteiger partial charge on any atom is -0.481 e. The van der Waals surface area contributed by atoms with Crippen LogP contribution in [0.2, 0.25) is 0 Å². The normalized spacial score (nSPS) is 10.4. The molecule has 0 bridgehead atoms. The van der Waals surface area contributed by atoms with Crippen molar-refractivity contribution in [3.63, 3.8) is 0 Å². The highest BCUT2D eigenvalue weighted by Gasteiger charge is 1.92. The van der Waals surface area contributed by atoms with Crippen molar-refractivity contribution in [2.24, 2.45) is 5.84 Å². The van der Waals surface area contributed by atoms with Crippen LogP contribution < -0.4 is 11.3 Å². The van der Waals surface area contributed by atoms with Gasteiger partial charge in [-0.15, -0.1) is 0 Å². The van der Waals surface area contributed by atoms with Gasteiger partial charge in [0.1, 0.15) is 5.82 Å². The van der Waals surface area contributed by atoms with Crippen molar-refractivity contribution in [3.8, 4) is 0 Å². The SMILES string of the molecule is NNc1ccc(C=CCC(=O)O)cn1. The van der Waals surface area contributed by atoms with Crippen LogP contribution in [0, 0.1) is 0 Å². The van der Waals surface area contributed by atoms with Gasteiger partial charge in [-0.1, -0.05) is 12.2 Å². The summed E-state index contributed by atoms with van der Waals surface area (Å²) in [5.41, 5.74) is 3.24. The van der Waals surface area contributed by atoms with E-state index in [1.165, 1.54) is 0 Å². The van der Waals surface area contributed by atoms with Gasteiger partial charge in [-0.2, -0.15) is 0 Å². The fourth-order valence-electron chi connectivity index (χ4n) is 0.885. The summed E-state index contributed by atoms with van der Waals surface area (Å²) in [6.45, 7) is 0.